The third-order valence-electron chi connectivity index (χ3n) is 3.49. The average Bonchev–Trinajstić information content (AvgIpc) is 2.53. The lowest BCUT2D eigenvalue weighted by molar-refractivity contribution is -0.144. The maximum Gasteiger partial charge on any atom is 0.451 e. The summed E-state index contributed by atoms with van der Waals surface area (Å²) in [6, 6.07) is 0. The Kier molecular flexibility index (Phi) is 4.31. The molecular formula is C9H19BN2O4. The summed E-state index contributed by atoms with van der Waals surface area (Å²) in [5.41, 5.74) is 10.1. The second-order valence-corrected chi connectivity index (χ2v) is 4.64. The molecule has 1 aliphatic rings. The van der Waals surface area contributed by atoms with Gasteiger partial charge in [0.15, 0.2) is 0 Å². The Morgan fingerprint density at radius 3 is 2.50 bits per heavy atom. The fourth-order valence-electron chi connectivity index (χ4n) is 2.51. The second kappa shape index (κ2) is 5.14. The van der Waals surface area contributed by atoms with E-state index in [4.69, 9.17) is 26.6 Å². The molecule has 92 valence electrons. The molecule has 0 aliphatic heterocycles. The third-order valence-corrected chi connectivity index (χ3v) is 3.49. The standard InChI is InChI=1S/C9H19BN2O4/c11-5-7-3-6(1-2-10(15)16)4-9(7,12)8(13)14/h6-7,15-16H,1-5,11-12H2,(H,13,14). The minimum atomic E-state index is -1.34. The number of hydrogen-bond donors (Lipinski definition) is 5. The van der Waals surface area contributed by atoms with Crippen molar-refractivity contribution in [1.82, 2.24) is 0 Å². The van der Waals surface area contributed by atoms with Crippen LogP contribution in [0.25, 0.3) is 0 Å². The highest BCUT2D eigenvalue weighted by Crippen LogP contribution is 2.40. The Hall–Kier alpha value is -0.625. The number of nitrogens with two attached hydrogens (primary N) is 2. The van der Waals surface area contributed by atoms with Crippen molar-refractivity contribution in [3.8, 4) is 0 Å². The number of hydrogen-bond acceptors (Lipinski definition) is 5. The van der Waals surface area contributed by atoms with Crippen molar-refractivity contribution in [2.75, 3.05) is 6.54 Å². The summed E-state index contributed by atoms with van der Waals surface area (Å²) in [4.78, 5) is 11.1. The van der Waals surface area contributed by atoms with E-state index >= 15 is 0 Å². The molecule has 0 spiro atoms. The van der Waals surface area contributed by atoms with Crippen LogP contribution >= 0.6 is 0 Å². The monoisotopic (exact) mass is 230 g/mol. The van der Waals surface area contributed by atoms with E-state index in [1.165, 1.54) is 0 Å². The number of aliphatic carboxylic acids is 1. The molecule has 6 nitrogen and oxygen atoms in total. The van der Waals surface area contributed by atoms with E-state index in [0.29, 0.717) is 19.3 Å². The summed E-state index contributed by atoms with van der Waals surface area (Å²) in [5.74, 6) is -1.14. The molecule has 0 amide bonds. The van der Waals surface area contributed by atoms with Crippen LogP contribution in [0.3, 0.4) is 0 Å². The van der Waals surface area contributed by atoms with Gasteiger partial charge in [-0.1, -0.05) is 6.42 Å². The fourth-order valence-corrected chi connectivity index (χ4v) is 2.51. The predicted molar refractivity (Wildman–Crippen MR) is 59.4 cm³/mol. The van der Waals surface area contributed by atoms with Gasteiger partial charge in [-0.3, -0.25) is 4.79 Å². The van der Waals surface area contributed by atoms with E-state index in [9.17, 15) is 4.79 Å². The number of carbonyl (C=O) groups is 1. The lowest BCUT2D eigenvalue weighted by Crippen LogP contribution is -2.53. The molecule has 3 atom stereocenters. The van der Waals surface area contributed by atoms with E-state index in [2.05, 4.69) is 0 Å². The SMILES string of the molecule is NCC1CC(CCB(O)O)CC1(N)C(=O)O. The summed E-state index contributed by atoms with van der Waals surface area (Å²) >= 11 is 0. The topological polar surface area (TPSA) is 130 Å². The van der Waals surface area contributed by atoms with Crippen LogP contribution in [0.2, 0.25) is 6.32 Å². The highest BCUT2D eigenvalue weighted by Gasteiger charge is 2.49. The molecule has 0 heterocycles. The second-order valence-electron chi connectivity index (χ2n) is 4.64. The molecule has 0 radical (unpaired) electrons. The van der Waals surface area contributed by atoms with E-state index in [-0.39, 0.29) is 24.7 Å². The van der Waals surface area contributed by atoms with Crippen molar-refractivity contribution in [2.24, 2.45) is 23.3 Å². The van der Waals surface area contributed by atoms with Gasteiger partial charge in [0.2, 0.25) is 0 Å². The zero-order valence-electron chi connectivity index (χ0n) is 9.17. The third kappa shape index (κ3) is 2.73. The summed E-state index contributed by atoms with van der Waals surface area (Å²) in [5, 5.41) is 26.6. The zero-order chi connectivity index (χ0) is 12.3. The molecule has 0 aromatic rings. The van der Waals surface area contributed by atoms with Crippen molar-refractivity contribution in [3.63, 3.8) is 0 Å². The van der Waals surface area contributed by atoms with Gasteiger partial charge in [0, 0.05) is 5.92 Å². The first-order chi connectivity index (χ1) is 7.40. The first-order valence-electron chi connectivity index (χ1n) is 5.48. The van der Waals surface area contributed by atoms with Crippen molar-refractivity contribution < 1.29 is 19.9 Å². The van der Waals surface area contributed by atoms with Crippen LogP contribution in [0.4, 0.5) is 0 Å². The van der Waals surface area contributed by atoms with Gasteiger partial charge < -0.3 is 26.6 Å². The van der Waals surface area contributed by atoms with Crippen LogP contribution in [0.1, 0.15) is 19.3 Å². The van der Waals surface area contributed by atoms with Crippen LogP contribution in [-0.4, -0.2) is 40.3 Å². The Morgan fingerprint density at radius 1 is 1.50 bits per heavy atom. The molecule has 1 fully saturated rings. The van der Waals surface area contributed by atoms with Gasteiger partial charge in [-0.05, 0) is 31.6 Å². The molecular weight excluding hydrogens is 211 g/mol. The zero-order valence-corrected chi connectivity index (χ0v) is 9.17. The van der Waals surface area contributed by atoms with Gasteiger partial charge in [0.25, 0.3) is 0 Å². The summed E-state index contributed by atoms with van der Waals surface area (Å²) in [7, 11) is -1.34. The predicted octanol–water partition coefficient (Wildman–Crippen LogP) is -1.38. The molecule has 0 bridgehead atoms. The first-order valence-corrected chi connectivity index (χ1v) is 5.48. The van der Waals surface area contributed by atoms with E-state index in [0.717, 1.165) is 0 Å². The smallest absolute Gasteiger partial charge is 0.451 e. The van der Waals surface area contributed by atoms with Crippen LogP contribution in [0.5, 0.6) is 0 Å². The van der Waals surface area contributed by atoms with Crippen LogP contribution in [0.15, 0.2) is 0 Å². The summed E-state index contributed by atoms with van der Waals surface area (Å²) in [6.45, 7) is 0.251. The molecule has 16 heavy (non-hydrogen) atoms. The molecule has 0 aromatic heterocycles. The van der Waals surface area contributed by atoms with E-state index < -0.39 is 18.6 Å². The maximum absolute atomic E-state index is 11.1. The van der Waals surface area contributed by atoms with E-state index in [1.807, 2.05) is 0 Å². The largest absolute Gasteiger partial charge is 0.480 e. The highest BCUT2D eigenvalue weighted by atomic mass is 16.4. The molecule has 0 saturated heterocycles. The normalized spacial score (nSPS) is 34.0. The average molecular weight is 230 g/mol. The van der Waals surface area contributed by atoms with Gasteiger partial charge in [-0.2, -0.15) is 0 Å². The first kappa shape index (κ1) is 13.4. The Bertz CT molecular complexity index is 264. The van der Waals surface area contributed by atoms with Crippen molar-refractivity contribution in [3.05, 3.63) is 0 Å². The van der Waals surface area contributed by atoms with Gasteiger partial charge in [0.1, 0.15) is 5.54 Å². The highest BCUT2D eigenvalue weighted by molar-refractivity contribution is 6.40. The minimum Gasteiger partial charge on any atom is -0.480 e. The summed E-state index contributed by atoms with van der Waals surface area (Å²) < 4.78 is 0. The fraction of sp³-hybridized carbons (Fsp3) is 0.889. The Labute approximate surface area is 94.8 Å². The van der Waals surface area contributed by atoms with Gasteiger partial charge in [-0.15, -0.1) is 0 Å². The summed E-state index contributed by atoms with van der Waals surface area (Å²) in [6.07, 6.45) is 1.82. The van der Waals surface area contributed by atoms with Gasteiger partial charge >= 0.3 is 13.1 Å². The quantitative estimate of drug-likeness (QED) is 0.370. The van der Waals surface area contributed by atoms with Crippen molar-refractivity contribution >= 4 is 13.1 Å². The molecule has 7 N–H and O–H groups in total. The van der Waals surface area contributed by atoms with Crippen LogP contribution in [0, 0.1) is 11.8 Å². The number of rotatable bonds is 5. The lowest BCUT2D eigenvalue weighted by Gasteiger charge is -2.25. The molecule has 3 unspecified atom stereocenters. The Morgan fingerprint density at radius 2 is 2.12 bits per heavy atom. The van der Waals surface area contributed by atoms with Crippen LogP contribution < -0.4 is 11.5 Å². The Balaban J connectivity index is 2.60. The number of carboxylic acids is 1. The molecule has 1 rings (SSSR count). The van der Waals surface area contributed by atoms with Crippen molar-refractivity contribution in [1.29, 1.82) is 0 Å². The van der Waals surface area contributed by atoms with Gasteiger partial charge in [-0.25, -0.2) is 0 Å². The maximum atomic E-state index is 11.1. The van der Waals surface area contributed by atoms with Crippen LogP contribution in [-0.2, 0) is 4.79 Å². The molecule has 1 saturated carbocycles. The molecule has 1 aliphatic carbocycles. The molecule has 7 heteroatoms. The lowest BCUT2D eigenvalue weighted by atomic mass is 9.80. The molecule has 0 aromatic carbocycles. The minimum absolute atomic E-state index is 0.108. The van der Waals surface area contributed by atoms with Crippen molar-refractivity contribution in [2.45, 2.75) is 31.1 Å². The van der Waals surface area contributed by atoms with Gasteiger partial charge in [0.05, 0.1) is 0 Å². The number of carboxylic acid groups (broad SMARTS) is 1. The van der Waals surface area contributed by atoms with E-state index in [1.54, 1.807) is 0 Å².